The lowest BCUT2D eigenvalue weighted by Gasteiger charge is -2.24. The van der Waals surface area contributed by atoms with Crippen LogP contribution in [0, 0.1) is 0 Å². The van der Waals surface area contributed by atoms with Crippen molar-refractivity contribution in [1.29, 1.82) is 0 Å². The summed E-state index contributed by atoms with van der Waals surface area (Å²) in [5.41, 5.74) is 0.335. The molecule has 0 bridgehead atoms. The van der Waals surface area contributed by atoms with Crippen LogP contribution in [0.15, 0.2) is 73.3 Å². The maximum absolute atomic E-state index is 12.3. The highest BCUT2D eigenvalue weighted by atomic mass is 16.6. The molecule has 0 radical (unpaired) electrons. The predicted octanol–water partition coefficient (Wildman–Crippen LogP) is 3.60. The summed E-state index contributed by atoms with van der Waals surface area (Å²) < 4.78 is 10.4. The third kappa shape index (κ3) is 5.49. The summed E-state index contributed by atoms with van der Waals surface area (Å²) >= 11 is 0. The average molecular weight is 339 g/mol. The number of ether oxygens (including phenoxy) is 2. The van der Waals surface area contributed by atoms with Gasteiger partial charge in [0.15, 0.2) is 5.54 Å². The van der Waals surface area contributed by atoms with Gasteiger partial charge in [-0.15, -0.1) is 6.58 Å². The molecule has 0 saturated carbocycles. The van der Waals surface area contributed by atoms with E-state index in [9.17, 15) is 9.59 Å². The SMILES string of the molecule is C=CC(C)(NC(=O)OCc1ccccc1)C(=O)OCc1ccccc1. The zero-order valence-electron chi connectivity index (χ0n) is 14.1. The van der Waals surface area contributed by atoms with E-state index >= 15 is 0 Å². The summed E-state index contributed by atoms with van der Waals surface area (Å²) in [6.07, 6.45) is 0.604. The minimum absolute atomic E-state index is 0.110. The van der Waals surface area contributed by atoms with Crippen LogP contribution in [0.5, 0.6) is 0 Å². The first-order valence-corrected chi connectivity index (χ1v) is 7.87. The Morgan fingerprint density at radius 1 is 0.960 bits per heavy atom. The van der Waals surface area contributed by atoms with Gasteiger partial charge in [0.2, 0.25) is 0 Å². The molecule has 5 nitrogen and oxygen atoms in total. The van der Waals surface area contributed by atoms with Crippen LogP contribution in [-0.4, -0.2) is 17.6 Å². The van der Waals surface area contributed by atoms with Gasteiger partial charge in [-0.25, -0.2) is 9.59 Å². The molecule has 0 aliphatic carbocycles. The Morgan fingerprint density at radius 2 is 1.44 bits per heavy atom. The maximum Gasteiger partial charge on any atom is 0.408 e. The largest absolute Gasteiger partial charge is 0.459 e. The lowest BCUT2D eigenvalue weighted by Crippen LogP contribution is -2.51. The van der Waals surface area contributed by atoms with Crippen molar-refractivity contribution in [3.8, 4) is 0 Å². The fourth-order valence-electron chi connectivity index (χ4n) is 2.03. The third-order valence-corrected chi connectivity index (χ3v) is 3.62. The Bertz CT molecular complexity index is 715. The molecule has 0 aromatic heterocycles. The highest BCUT2D eigenvalue weighted by Crippen LogP contribution is 2.12. The Labute approximate surface area is 147 Å². The summed E-state index contributed by atoms with van der Waals surface area (Å²) in [6, 6.07) is 18.5. The number of amides is 1. The number of carbonyl (C=O) groups is 2. The van der Waals surface area contributed by atoms with Crippen molar-refractivity contribution < 1.29 is 19.1 Å². The minimum Gasteiger partial charge on any atom is -0.459 e. The Hall–Kier alpha value is -3.08. The number of rotatable bonds is 7. The molecule has 0 heterocycles. The Morgan fingerprint density at radius 3 is 1.92 bits per heavy atom. The smallest absolute Gasteiger partial charge is 0.408 e. The van der Waals surface area contributed by atoms with E-state index in [1.807, 2.05) is 60.7 Å². The molecular weight excluding hydrogens is 318 g/mol. The van der Waals surface area contributed by atoms with E-state index < -0.39 is 17.6 Å². The maximum atomic E-state index is 12.3. The van der Waals surface area contributed by atoms with E-state index in [-0.39, 0.29) is 13.2 Å². The standard InChI is InChI=1S/C20H21NO4/c1-3-20(2,18(22)24-14-16-10-6-4-7-11-16)21-19(23)25-15-17-12-8-5-9-13-17/h3-13H,1,14-15H2,2H3,(H,21,23). The van der Waals surface area contributed by atoms with Crippen molar-refractivity contribution in [2.24, 2.45) is 0 Å². The second kappa shape index (κ2) is 8.68. The number of hydrogen-bond donors (Lipinski definition) is 1. The molecule has 0 aliphatic heterocycles. The van der Waals surface area contributed by atoms with Crippen molar-refractivity contribution in [3.63, 3.8) is 0 Å². The number of carbonyl (C=O) groups excluding carboxylic acids is 2. The van der Waals surface area contributed by atoms with Crippen LogP contribution < -0.4 is 5.32 Å². The number of esters is 1. The normalized spacial score (nSPS) is 12.5. The summed E-state index contributed by atoms with van der Waals surface area (Å²) in [7, 11) is 0. The van der Waals surface area contributed by atoms with Gasteiger partial charge >= 0.3 is 12.1 Å². The van der Waals surface area contributed by atoms with Crippen LogP contribution >= 0.6 is 0 Å². The molecule has 25 heavy (non-hydrogen) atoms. The van der Waals surface area contributed by atoms with Gasteiger partial charge in [0.25, 0.3) is 0 Å². The van der Waals surface area contributed by atoms with Crippen molar-refractivity contribution >= 4 is 12.1 Å². The van der Waals surface area contributed by atoms with E-state index in [0.29, 0.717) is 0 Å². The van der Waals surface area contributed by atoms with E-state index in [1.54, 1.807) is 0 Å². The molecule has 1 unspecified atom stereocenters. The van der Waals surface area contributed by atoms with Crippen LogP contribution in [0.3, 0.4) is 0 Å². The summed E-state index contributed by atoms with van der Waals surface area (Å²) in [5, 5.41) is 2.50. The van der Waals surface area contributed by atoms with E-state index in [4.69, 9.17) is 9.47 Å². The predicted molar refractivity (Wildman–Crippen MR) is 94.6 cm³/mol. The first-order chi connectivity index (χ1) is 12.0. The van der Waals surface area contributed by atoms with Crippen LogP contribution in [0.2, 0.25) is 0 Å². The van der Waals surface area contributed by atoms with Crippen molar-refractivity contribution in [1.82, 2.24) is 5.32 Å². The topological polar surface area (TPSA) is 64.6 Å². The van der Waals surface area contributed by atoms with Crippen LogP contribution in [0.1, 0.15) is 18.1 Å². The molecule has 1 atom stereocenters. The Kier molecular flexibility index (Phi) is 6.34. The molecule has 1 amide bonds. The summed E-state index contributed by atoms with van der Waals surface area (Å²) in [4.78, 5) is 24.3. The first kappa shape index (κ1) is 18.3. The van der Waals surface area contributed by atoms with Gasteiger partial charge in [0.1, 0.15) is 13.2 Å². The number of alkyl carbamates (subject to hydrolysis) is 1. The van der Waals surface area contributed by atoms with Crippen molar-refractivity contribution in [3.05, 3.63) is 84.4 Å². The molecule has 0 saturated heterocycles. The molecule has 130 valence electrons. The number of hydrogen-bond acceptors (Lipinski definition) is 4. The molecule has 2 rings (SSSR count). The first-order valence-electron chi connectivity index (χ1n) is 7.87. The van der Waals surface area contributed by atoms with Gasteiger partial charge < -0.3 is 14.8 Å². The van der Waals surface area contributed by atoms with Crippen LogP contribution in [0.25, 0.3) is 0 Å². The monoisotopic (exact) mass is 339 g/mol. The molecule has 0 spiro atoms. The highest BCUT2D eigenvalue weighted by molar-refractivity contribution is 5.87. The molecule has 1 N–H and O–H groups in total. The van der Waals surface area contributed by atoms with Gasteiger partial charge in [0, 0.05) is 0 Å². The lowest BCUT2D eigenvalue weighted by molar-refractivity contribution is -0.150. The van der Waals surface area contributed by atoms with E-state index in [2.05, 4.69) is 11.9 Å². The van der Waals surface area contributed by atoms with Gasteiger partial charge in [0.05, 0.1) is 0 Å². The molecular formula is C20H21NO4. The van der Waals surface area contributed by atoms with Crippen LogP contribution in [0.4, 0.5) is 4.79 Å². The van der Waals surface area contributed by atoms with Gasteiger partial charge in [-0.2, -0.15) is 0 Å². The molecule has 2 aromatic carbocycles. The number of benzene rings is 2. The molecule has 2 aromatic rings. The van der Waals surface area contributed by atoms with Crippen LogP contribution in [-0.2, 0) is 27.5 Å². The summed E-state index contributed by atoms with van der Waals surface area (Å²) in [6.45, 7) is 5.35. The fourth-order valence-corrected chi connectivity index (χ4v) is 2.03. The average Bonchev–Trinajstić information content (AvgIpc) is 2.66. The zero-order chi connectivity index (χ0) is 18.1. The van der Waals surface area contributed by atoms with Crippen molar-refractivity contribution in [2.45, 2.75) is 25.7 Å². The van der Waals surface area contributed by atoms with E-state index in [0.717, 1.165) is 11.1 Å². The lowest BCUT2D eigenvalue weighted by atomic mass is 10.0. The molecule has 0 fully saturated rings. The highest BCUT2D eigenvalue weighted by Gasteiger charge is 2.34. The molecule has 0 aliphatic rings. The zero-order valence-corrected chi connectivity index (χ0v) is 14.1. The van der Waals surface area contributed by atoms with Gasteiger partial charge in [-0.05, 0) is 18.1 Å². The molecule has 5 heteroatoms. The van der Waals surface area contributed by atoms with Crippen molar-refractivity contribution in [2.75, 3.05) is 0 Å². The Balaban J connectivity index is 1.88. The summed E-state index contributed by atoms with van der Waals surface area (Å²) in [5.74, 6) is -0.608. The van der Waals surface area contributed by atoms with Gasteiger partial charge in [-0.3, -0.25) is 0 Å². The second-order valence-electron chi connectivity index (χ2n) is 5.65. The third-order valence-electron chi connectivity index (χ3n) is 3.62. The van der Waals surface area contributed by atoms with Gasteiger partial charge in [-0.1, -0.05) is 66.7 Å². The second-order valence-corrected chi connectivity index (χ2v) is 5.65. The minimum atomic E-state index is -1.37. The van der Waals surface area contributed by atoms with E-state index in [1.165, 1.54) is 13.0 Å². The fraction of sp³-hybridized carbons (Fsp3) is 0.200. The number of nitrogens with one attached hydrogen (secondary N) is 1. The quantitative estimate of drug-likeness (QED) is 0.618.